The second-order valence-corrected chi connectivity index (χ2v) is 4.40. The average molecular weight is 301 g/mol. The molecule has 0 N–H and O–H groups in total. The molecule has 0 atom stereocenters. The van der Waals surface area contributed by atoms with Gasteiger partial charge in [-0.1, -0.05) is 6.08 Å². The Bertz CT molecular complexity index is 738. The van der Waals surface area contributed by atoms with Crippen LogP contribution in [-0.2, 0) is 0 Å². The van der Waals surface area contributed by atoms with Gasteiger partial charge in [0, 0.05) is 17.7 Å². The van der Waals surface area contributed by atoms with Crippen LogP contribution in [0.15, 0.2) is 48.5 Å². The Hall–Kier alpha value is -3.02. The summed E-state index contributed by atoms with van der Waals surface area (Å²) in [7, 11) is 1.34. The number of carbonyl (C=O) groups excluding carboxylic acids is 1. The van der Waals surface area contributed by atoms with E-state index in [4.69, 9.17) is 4.74 Å². The summed E-state index contributed by atoms with van der Waals surface area (Å²) in [4.78, 5) is 22.0. The van der Waals surface area contributed by atoms with Crippen LogP contribution in [0.3, 0.4) is 0 Å². The van der Waals surface area contributed by atoms with E-state index in [1.165, 1.54) is 55.7 Å². The molecule has 112 valence electrons. The Labute approximate surface area is 125 Å². The number of ketones is 1. The number of rotatable bonds is 5. The first-order chi connectivity index (χ1) is 10.5. The van der Waals surface area contributed by atoms with Crippen molar-refractivity contribution in [3.63, 3.8) is 0 Å². The van der Waals surface area contributed by atoms with Crippen molar-refractivity contribution in [2.45, 2.75) is 0 Å². The number of nitrogens with zero attached hydrogens (tertiary/aromatic N) is 1. The number of benzene rings is 2. The van der Waals surface area contributed by atoms with Crippen molar-refractivity contribution in [3.8, 4) is 5.75 Å². The third kappa shape index (κ3) is 3.54. The standard InChI is InChI=1S/C16H12FNO4/c1-22-16-9-5-12(10-14(16)17)15(19)8-4-11-2-6-13(7-3-11)18(20)21/h2-10H,1H3/b8-4+. The Morgan fingerprint density at radius 1 is 1.23 bits per heavy atom. The lowest BCUT2D eigenvalue weighted by Crippen LogP contribution is -1.97. The van der Waals surface area contributed by atoms with Crippen molar-refractivity contribution in [1.82, 2.24) is 0 Å². The molecule has 0 fully saturated rings. The van der Waals surface area contributed by atoms with Gasteiger partial charge in [0.1, 0.15) is 0 Å². The Balaban J connectivity index is 2.14. The Morgan fingerprint density at radius 3 is 2.45 bits per heavy atom. The maximum absolute atomic E-state index is 13.5. The maximum Gasteiger partial charge on any atom is 0.269 e. The molecule has 0 aliphatic carbocycles. The molecular weight excluding hydrogens is 289 g/mol. The van der Waals surface area contributed by atoms with Gasteiger partial charge in [0.2, 0.25) is 0 Å². The van der Waals surface area contributed by atoms with Crippen LogP contribution in [0.2, 0.25) is 0 Å². The zero-order valence-corrected chi connectivity index (χ0v) is 11.7. The number of methoxy groups -OCH3 is 1. The van der Waals surface area contributed by atoms with Crippen LogP contribution >= 0.6 is 0 Å². The number of ether oxygens (including phenoxy) is 1. The van der Waals surface area contributed by atoms with Gasteiger partial charge in [0.25, 0.3) is 5.69 Å². The largest absolute Gasteiger partial charge is 0.494 e. The summed E-state index contributed by atoms with van der Waals surface area (Å²) < 4.78 is 18.3. The fourth-order valence-corrected chi connectivity index (χ4v) is 1.79. The van der Waals surface area contributed by atoms with Crippen molar-refractivity contribution in [2.24, 2.45) is 0 Å². The molecule has 0 amide bonds. The van der Waals surface area contributed by atoms with Crippen molar-refractivity contribution >= 4 is 17.5 Å². The summed E-state index contributed by atoms with van der Waals surface area (Å²) in [5, 5.41) is 10.5. The molecule has 0 aromatic heterocycles. The van der Waals surface area contributed by atoms with Crippen LogP contribution in [0.1, 0.15) is 15.9 Å². The zero-order chi connectivity index (χ0) is 16.1. The number of hydrogen-bond donors (Lipinski definition) is 0. The number of halogens is 1. The Morgan fingerprint density at radius 2 is 1.91 bits per heavy atom. The van der Waals surface area contributed by atoms with Gasteiger partial charge in [-0.3, -0.25) is 14.9 Å². The molecule has 2 rings (SSSR count). The summed E-state index contributed by atoms with van der Waals surface area (Å²) in [6, 6.07) is 9.68. The molecule has 0 radical (unpaired) electrons. The lowest BCUT2D eigenvalue weighted by molar-refractivity contribution is -0.384. The molecule has 6 heteroatoms. The summed E-state index contributed by atoms with van der Waals surface area (Å²) >= 11 is 0. The van der Waals surface area contributed by atoms with Crippen molar-refractivity contribution in [3.05, 3.63) is 75.6 Å². The SMILES string of the molecule is COc1ccc(C(=O)/C=C/c2ccc([N+](=O)[O-])cc2)cc1F. The average Bonchev–Trinajstić information content (AvgIpc) is 2.52. The van der Waals surface area contributed by atoms with Gasteiger partial charge in [0.15, 0.2) is 17.3 Å². The molecule has 0 saturated carbocycles. The molecule has 2 aromatic carbocycles. The van der Waals surface area contributed by atoms with Crippen LogP contribution < -0.4 is 4.74 Å². The smallest absolute Gasteiger partial charge is 0.269 e. The molecular formula is C16H12FNO4. The molecule has 2 aromatic rings. The van der Waals surface area contributed by atoms with E-state index in [1.807, 2.05) is 0 Å². The van der Waals surface area contributed by atoms with Gasteiger partial charge < -0.3 is 4.74 Å². The normalized spacial score (nSPS) is 10.6. The van der Waals surface area contributed by atoms with Gasteiger partial charge in [-0.15, -0.1) is 0 Å². The third-order valence-electron chi connectivity index (χ3n) is 2.97. The number of nitro groups is 1. The van der Waals surface area contributed by atoms with Gasteiger partial charge in [-0.05, 0) is 42.0 Å². The topological polar surface area (TPSA) is 69.4 Å². The first kappa shape index (κ1) is 15.4. The molecule has 22 heavy (non-hydrogen) atoms. The fourth-order valence-electron chi connectivity index (χ4n) is 1.79. The lowest BCUT2D eigenvalue weighted by Gasteiger charge is -2.02. The van der Waals surface area contributed by atoms with Crippen molar-refractivity contribution in [1.29, 1.82) is 0 Å². The van der Waals surface area contributed by atoms with E-state index in [0.717, 1.165) is 6.07 Å². The fraction of sp³-hybridized carbons (Fsp3) is 0.0625. The van der Waals surface area contributed by atoms with Gasteiger partial charge in [-0.25, -0.2) is 4.39 Å². The molecule has 0 saturated heterocycles. The molecule has 0 bridgehead atoms. The number of non-ortho nitro benzene ring substituents is 1. The maximum atomic E-state index is 13.5. The summed E-state index contributed by atoms with van der Waals surface area (Å²) in [6.07, 6.45) is 2.79. The first-order valence-electron chi connectivity index (χ1n) is 6.31. The number of nitro benzene ring substituents is 1. The summed E-state index contributed by atoms with van der Waals surface area (Å²) in [5.41, 5.74) is 0.796. The zero-order valence-electron chi connectivity index (χ0n) is 11.7. The minimum atomic E-state index is -0.614. The van der Waals surface area contributed by atoms with Crippen LogP contribution in [0, 0.1) is 15.9 Å². The van der Waals surface area contributed by atoms with Crippen LogP contribution in [0.25, 0.3) is 6.08 Å². The summed E-state index contributed by atoms with van der Waals surface area (Å²) in [6.45, 7) is 0. The lowest BCUT2D eigenvalue weighted by atomic mass is 10.1. The predicted octanol–water partition coefficient (Wildman–Crippen LogP) is 3.64. The molecule has 0 spiro atoms. The van der Waals surface area contributed by atoms with Gasteiger partial charge in [-0.2, -0.15) is 0 Å². The highest BCUT2D eigenvalue weighted by Gasteiger charge is 2.08. The van der Waals surface area contributed by atoms with Crippen molar-refractivity contribution in [2.75, 3.05) is 7.11 Å². The summed E-state index contributed by atoms with van der Waals surface area (Å²) in [5.74, 6) is -0.923. The monoisotopic (exact) mass is 301 g/mol. The number of allylic oxidation sites excluding steroid dienone is 1. The number of carbonyl (C=O) groups is 1. The first-order valence-corrected chi connectivity index (χ1v) is 6.31. The number of hydrogen-bond acceptors (Lipinski definition) is 4. The molecule has 0 unspecified atom stereocenters. The predicted molar refractivity (Wildman–Crippen MR) is 79.4 cm³/mol. The van der Waals surface area contributed by atoms with E-state index in [9.17, 15) is 19.3 Å². The molecule has 5 nitrogen and oxygen atoms in total. The minimum absolute atomic E-state index is 0.0271. The highest BCUT2D eigenvalue weighted by molar-refractivity contribution is 6.06. The van der Waals surface area contributed by atoms with Gasteiger partial charge >= 0.3 is 0 Å². The third-order valence-corrected chi connectivity index (χ3v) is 2.97. The van der Waals surface area contributed by atoms with E-state index in [-0.39, 0.29) is 22.8 Å². The highest BCUT2D eigenvalue weighted by Crippen LogP contribution is 2.18. The van der Waals surface area contributed by atoms with Crippen molar-refractivity contribution < 1.29 is 18.8 Å². The molecule has 0 aliphatic rings. The van der Waals surface area contributed by atoms with E-state index >= 15 is 0 Å². The van der Waals surface area contributed by atoms with E-state index in [1.54, 1.807) is 0 Å². The van der Waals surface area contributed by atoms with Crippen LogP contribution in [0.5, 0.6) is 5.75 Å². The molecule has 0 aliphatic heterocycles. The van der Waals surface area contributed by atoms with Crippen LogP contribution in [0.4, 0.5) is 10.1 Å². The van der Waals surface area contributed by atoms with E-state index in [0.29, 0.717) is 5.56 Å². The Kier molecular flexibility index (Phi) is 4.63. The molecule has 0 heterocycles. The second-order valence-electron chi connectivity index (χ2n) is 4.40. The van der Waals surface area contributed by atoms with E-state index < -0.39 is 10.7 Å². The minimum Gasteiger partial charge on any atom is -0.494 e. The van der Waals surface area contributed by atoms with Gasteiger partial charge in [0.05, 0.1) is 12.0 Å². The quantitative estimate of drug-likeness (QED) is 0.366. The highest BCUT2D eigenvalue weighted by atomic mass is 19.1. The second kappa shape index (κ2) is 6.62. The van der Waals surface area contributed by atoms with E-state index in [2.05, 4.69) is 0 Å². The van der Waals surface area contributed by atoms with Crippen LogP contribution in [-0.4, -0.2) is 17.8 Å².